The van der Waals surface area contributed by atoms with E-state index < -0.39 is 10.8 Å². The van der Waals surface area contributed by atoms with E-state index in [0.717, 1.165) is 17.7 Å². The van der Waals surface area contributed by atoms with Gasteiger partial charge in [0.05, 0.1) is 26.1 Å². The van der Waals surface area contributed by atoms with Crippen LogP contribution in [0.4, 0.5) is 0 Å². The van der Waals surface area contributed by atoms with E-state index in [4.69, 9.17) is 23.2 Å². The normalized spacial score (nSPS) is 27.4. The second kappa shape index (κ2) is 5.72. The first-order valence-corrected chi connectivity index (χ1v) is 8.36. The summed E-state index contributed by atoms with van der Waals surface area (Å²) < 4.78 is 12.7. The van der Waals surface area contributed by atoms with Gasteiger partial charge in [-0.3, -0.25) is 4.21 Å². The largest absolute Gasteiger partial charge is 0.315 e. The molecule has 0 aromatic heterocycles. The second-order valence-electron chi connectivity index (χ2n) is 5.71. The van der Waals surface area contributed by atoms with Crippen LogP contribution in [-0.2, 0) is 10.8 Å². The van der Waals surface area contributed by atoms with Crippen molar-refractivity contribution in [2.45, 2.75) is 42.9 Å². The molecule has 1 fully saturated rings. The Balaban J connectivity index is 2.27. The number of halogens is 2. The number of hydrogen-bond donors (Lipinski definition) is 1. The molecule has 1 aliphatic carbocycles. The lowest BCUT2D eigenvalue weighted by Gasteiger charge is -2.30. The van der Waals surface area contributed by atoms with Gasteiger partial charge in [0, 0.05) is 10.9 Å². The highest BCUT2D eigenvalue weighted by atomic mass is 35.5. The molecule has 0 aliphatic heterocycles. The molecule has 1 aliphatic rings. The Labute approximate surface area is 127 Å². The van der Waals surface area contributed by atoms with Crippen LogP contribution in [0.25, 0.3) is 0 Å². The lowest BCUT2D eigenvalue weighted by molar-refractivity contribution is 0.299. The van der Waals surface area contributed by atoms with Gasteiger partial charge in [-0.25, -0.2) is 0 Å². The van der Waals surface area contributed by atoms with E-state index in [1.807, 2.05) is 13.1 Å². The zero-order valence-electron chi connectivity index (χ0n) is 11.4. The highest BCUT2D eigenvalue weighted by Gasteiger charge is 2.44. The molecule has 0 amide bonds. The van der Waals surface area contributed by atoms with Crippen LogP contribution in [0, 0.1) is 5.41 Å². The summed E-state index contributed by atoms with van der Waals surface area (Å²) in [6.45, 7) is 4.44. The Morgan fingerprint density at radius 1 is 1.32 bits per heavy atom. The van der Waals surface area contributed by atoms with Crippen LogP contribution in [0.15, 0.2) is 23.1 Å². The molecule has 0 bridgehead atoms. The predicted octanol–water partition coefficient (Wildman–Crippen LogP) is 3.88. The zero-order chi connectivity index (χ0) is 14.2. The fraction of sp³-hybridized carbons (Fsp3) is 0.571. The van der Waals surface area contributed by atoms with Gasteiger partial charge in [-0.1, -0.05) is 37.0 Å². The Bertz CT molecular complexity index is 504. The molecule has 3 atom stereocenters. The van der Waals surface area contributed by atoms with E-state index in [-0.39, 0.29) is 16.7 Å². The van der Waals surface area contributed by atoms with Crippen LogP contribution in [0.3, 0.4) is 0 Å². The third-order valence-corrected chi connectivity index (χ3v) is 6.51. The minimum absolute atomic E-state index is 0.122. The van der Waals surface area contributed by atoms with E-state index in [2.05, 4.69) is 19.2 Å². The summed E-state index contributed by atoms with van der Waals surface area (Å²) in [6.07, 6.45) is 2.04. The van der Waals surface area contributed by atoms with Gasteiger partial charge in [0.15, 0.2) is 0 Å². The van der Waals surface area contributed by atoms with E-state index in [9.17, 15) is 4.21 Å². The first-order valence-electron chi connectivity index (χ1n) is 6.39. The fourth-order valence-electron chi connectivity index (χ4n) is 2.92. The maximum Gasteiger partial charge on any atom is 0.0604 e. The van der Waals surface area contributed by atoms with Gasteiger partial charge < -0.3 is 5.32 Å². The molecule has 19 heavy (non-hydrogen) atoms. The topological polar surface area (TPSA) is 29.1 Å². The molecule has 1 N–H and O–H groups in total. The predicted molar refractivity (Wildman–Crippen MR) is 82.5 cm³/mol. The van der Waals surface area contributed by atoms with Crippen molar-refractivity contribution in [3.63, 3.8) is 0 Å². The quantitative estimate of drug-likeness (QED) is 0.916. The Hall–Kier alpha value is -0.0900. The molecular formula is C14H19Cl2NOS. The molecule has 0 radical (unpaired) electrons. The SMILES string of the molecule is CNC1C(S(=O)c2ccc(Cl)c(Cl)c2)CCC1(C)C. The lowest BCUT2D eigenvalue weighted by atomic mass is 9.87. The summed E-state index contributed by atoms with van der Waals surface area (Å²) in [7, 11) is 0.882. The van der Waals surface area contributed by atoms with Crippen LogP contribution in [0.1, 0.15) is 26.7 Å². The van der Waals surface area contributed by atoms with Gasteiger partial charge >= 0.3 is 0 Å². The average Bonchev–Trinajstić information content (AvgIpc) is 2.66. The smallest absolute Gasteiger partial charge is 0.0604 e. The number of benzene rings is 1. The van der Waals surface area contributed by atoms with Gasteiger partial charge in [-0.2, -0.15) is 0 Å². The molecule has 2 rings (SSSR count). The van der Waals surface area contributed by atoms with Gasteiger partial charge in [0.25, 0.3) is 0 Å². The molecule has 1 saturated carbocycles. The first-order chi connectivity index (χ1) is 8.86. The Kier molecular flexibility index (Phi) is 4.61. The summed E-state index contributed by atoms with van der Waals surface area (Å²) in [5.41, 5.74) is 0.172. The van der Waals surface area contributed by atoms with Crippen molar-refractivity contribution < 1.29 is 4.21 Å². The van der Waals surface area contributed by atoms with E-state index in [1.165, 1.54) is 0 Å². The van der Waals surface area contributed by atoms with E-state index >= 15 is 0 Å². The maximum atomic E-state index is 12.7. The molecule has 5 heteroatoms. The van der Waals surface area contributed by atoms with Crippen molar-refractivity contribution >= 4 is 34.0 Å². The minimum atomic E-state index is -1.06. The number of nitrogens with one attached hydrogen (secondary N) is 1. The maximum absolute atomic E-state index is 12.7. The highest BCUT2D eigenvalue weighted by Crippen LogP contribution is 2.41. The summed E-state index contributed by atoms with van der Waals surface area (Å²) >= 11 is 11.9. The average molecular weight is 320 g/mol. The van der Waals surface area contributed by atoms with E-state index in [0.29, 0.717) is 10.0 Å². The van der Waals surface area contributed by atoms with Crippen LogP contribution in [0.2, 0.25) is 10.0 Å². The van der Waals surface area contributed by atoms with E-state index in [1.54, 1.807) is 12.1 Å². The van der Waals surface area contributed by atoms with Crippen molar-refractivity contribution in [2.75, 3.05) is 7.05 Å². The molecular weight excluding hydrogens is 301 g/mol. The summed E-state index contributed by atoms with van der Waals surface area (Å²) in [5.74, 6) is 0. The van der Waals surface area contributed by atoms with Crippen molar-refractivity contribution in [2.24, 2.45) is 5.41 Å². The summed E-state index contributed by atoms with van der Waals surface area (Å²) in [5, 5.41) is 4.41. The van der Waals surface area contributed by atoms with Crippen molar-refractivity contribution in [3.05, 3.63) is 28.2 Å². The van der Waals surface area contributed by atoms with Crippen molar-refractivity contribution in [1.29, 1.82) is 0 Å². The molecule has 3 unspecified atom stereocenters. The fourth-order valence-corrected chi connectivity index (χ4v) is 5.16. The molecule has 1 aromatic carbocycles. The van der Waals surface area contributed by atoms with Crippen LogP contribution >= 0.6 is 23.2 Å². The number of hydrogen-bond acceptors (Lipinski definition) is 2. The highest BCUT2D eigenvalue weighted by molar-refractivity contribution is 7.85. The Morgan fingerprint density at radius 3 is 2.58 bits per heavy atom. The summed E-state index contributed by atoms with van der Waals surface area (Å²) in [6, 6.07) is 5.49. The third-order valence-electron chi connectivity index (χ3n) is 4.00. The number of rotatable bonds is 3. The molecule has 106 valence electrons. The minimum Gasteiger partial charge on any atom is -0.315 e. The van der Waals surface area contributed by atoms with Gasteiger partial charge in [-0.05, 0) is 43.5 Å². The zero-order valence-corrected chi connectivity index (χ0v) is 13.7. The van der Waals surface area contributed by atoms with Crippen LogP contribution < -0.4 is 5.32 Å². The molecule has 0 heterocycles. The lowest BCUT2D eigenvalue weighted by Crippen LogP contribution is -2.44. The van der Waals surface area contributed by atoms with Crippen molar-refractivity contribution in [3.8, 4) is 0 Å². The van der Waals surface area contributed by atoms with Crippen molar-refractivity contribution in [1.82, 2.24) is 5.32 Å². The molecule has 2 nitrogen and oxygen atoms in total. The molecule has 0 spiro atoms. The van der Waals surface area contributed by atoms with Gasteiger partial charge in [0.1, 0.15) is 0 Å². The van der Waals surface area contributed by atoms with Crippen LogP contribution in [0.5, 0.6) is 0 Å². The second-order valence-corrected chi connectivity index (χ2v) is 8.19. The van der Waals surface area contributed by atoms with Crippen LogP contribution in [-0.4, -0.2) is 22.5 Å². The van der Waals surface area contributed by atoms with Gasteiger partial charge in [-0.15, -0.1) is 0 Å². The third kappa shape index (κ3) is 2.99. The monoisotopic (exact) mass is 319 g/mol. The first kappa shape index (κ1) is 15.3. The molecule has 1 aromatic rings. The van der Waals surface area contributed by atoms with Gasteiger partial charge in [0.2, 0.25) is 0 Å². The summed E-state index contributed by atoms with van der Waals surface area (Å²) in [4.78, 5) is 0.761. The Morgan fingerprint density at radius 2 is 2.00 bits per heavy atom. The molecule has 0 saturated heterocycles. The standard InChI is InChI=1S/C14H19Cl2NOS/c1-14(2)7-6-12(13(14)17-3)19(18)9-4-5-10(15)11(16)8-9/h4-5,8,12-13,17H,6-7H2,1-3H3.